The Hall–Kier alpha value is -4.74. The van der Waals surface area contributed by atoms with Gasteiger partial charge < -0.3 is 14.2 Å². The molecule has 164 valence electrons. The van der Waals surface area contributed by atoms with Gasteiger partial charge in [0.2, 0.25) is 5.82 Å². The SMILES string of the molecule is COC(=O)c1ccc(Oc2ncnc(NNC(=O)c3ccc(OC)cc3)c2[N+](=O)[O-])cc1. The maximum absolute atomic E-state index is 12.3. The monoisotopic (exact) mass is 439 g/mol. The number of anilines is 1. The quantitative estimate of drug-likeness (QED) is 0.304. The second-order valence-electron chi connectivity index (χ2n) is 6.06. The fraction of sp³-hybridized carbons (Fsp3) is 0.100. The van der Waals surface area contributed by atoms with E-state index in [2.05, 4.69) is 25.6 Å². The number of nitro groups is 1. The zero-order valence-corrected chi connectivity index (χ0v) is 16.9. The molecule has 0 saturated heterocycles. The lowest BCUT2D eigenvalue weighted by Crippen LogP contribution is -2.30. The topological polar surface area (TPSA) is 155 Å². The Morgan fingerprint density at radius 1 is 0.938 bits per heavy atom. The molecule has 32 heavy (non-hydrogen) atoms. The molecular weight excluding hydrogens is 422 g/mol. The molecule has 3 aromatic rings. The number of ether oxygens (including phenoxy) is 3. The standard InChI is InChI=1S/C20H17N5O7/c1-30-14-7-3-12(4-8-14)18(26)24-23-17-16(25(28)29)19(22-11-21-17)32-15-9-5-13(6-10-15)20(27)31-2/h3-11H,1-2H3,(H,24,26)(H,21,22,23). The number of carbonyl (C=O) groups excluding carboxylic acids is 2. The molecule has 0 aliphatic rings. The van der Waals surface area contributed by atoms with Crippen molar-refractivity contribution in [1.29, 1.82) is 0 Å². The maximum atomic E-state index is 12.3. The van der Waals surface area contributed by atoms with Gasteiger partial charge in [-0.15, -0.1) is 0 Å². The van der Waals surface area contributed by atoms with Crippen molar-refractivity contribution in [1.82, 2.24) is 15.4 Å². The number of esters is 1. The van der Waals surface area contributed by atoms with E-state index in [1.54, 1.807) is 12.1 Å². The van der Waals surface area contributed by atoms with E-state index < -0.39 is 22.5 Å². The number of carbonyl (C=O) groups is 2. The summed E-state index contributed by atoms with van der Waals surface area (Å²) in [6, 6.07) is 12.0. The number of aromatic nitrogens is 2. The van der Waals surface area contributed by atoms with Crippen molar-refractivity contribution < 1.29 is 28.7 Å². The molecule has 0 fully saturated rings. The number of nitrogens with one attached hydrogen (secondary N) is 2. The molecule has 0 aliphatic carbocycles. The Morgan fingerprint density at radius 2 is 1.56 bits per heavy atom. The molecule has 3 rings (SSSR count). The van der Waals surface area contributed by atoms with Crippen LogP contribution in [0, 0.1) is 10.1 Å². The van der Waals surface area contributed by atoms with Crippen molar-refractivity contribution in [3.8, 4) is 17.4 Å². The van der Waals surface area contributed by atoms with Crippen molar-refractivity contribution >= 4 is 23.4 Å². The van der Waals surface area contributed by atoms with Gasteiger partial charge in [-0.25, -0.2) is 9.78 Å². The minimum atomic E-state index is -0.750. The van der Waals surface area contributed by atoms with E-state index in [0.717, 1.165) is 6.33 Å². The first-order chi connectivity index (χ1) is 15.4. The maximum Gasteiger partial charge on any atom is 0.374 e. The van der Waals surface area contributed by atoms with Gasteiger partial charge in [-0.3, -0.25) is 25.8 Å². The molecular formula is C20H17N5O7. The molecule has 12 heteroatoms. The first-order valence-electron chi connectivity index (χ1n) is 8.99. The van der Waals surface area contributed by atoms with Crippen LogP contribution in [0.5, 0.6) is 17.4 Å². The van der Waals surface area contributed by atoms with Crippen LogP contribution in [0.2, 0.25) is 0 Å². The molecule has 0 bridgehead atoms. The number of rotatable bonds is 8. The average molecular weight is 439 g/mol. The molecule has 1 aromatic heterocycles. The summed E-state index contributed by atoms with van der Waals surface area (Å²) >= 11 is 0. The molecule has 1 heterocycles. The zero-order valence-electron chi connectivity index (χ0n) is 16.9. The molecule has 0 unspecified atom stereocenters. The fourth-order valence-corrected chi connectivity index (χ4v) is 2.51. The molecule has 0 radical (unpaired) electrons. The highest BCUT2D eigenvalue weighted by Crippen LogP contribution is 2.33. The highest BCUT2D eigenvalue weighted by molar-refractivity contribution is 5.95. The van der Waals surface area contributed by atoms with Crippen molar-refractivity contribution in [2.45, 2.75) is 0 Å². The molecule has 0 saturated carbocycles. The number of methoxy groups -OCH3 is 2. The van der Waals surface area contributed by atoms with Gasteiger partial charge in [-0.2, -0.15) is 4.98 Å². The van der Waals surface area contributed by atoms with Gasteiger partial charge in [0.1, 0.15) is 17.8 Å². The molecule has 2 aromatic carbocycles. The highest BCUT2D eigenvalue weighted by Gasteiger charge is 2.25. The van der Waals surface area contributed by atoms with Crippen LogP contribution >= 0.6 is 0 Å². The molecule has 12 nitrogen and oxygen atoms in total. The number of hydrogen-bond acceptors (Lipinski definition) is 10. The van der Waals surface area contributed by atoms with Gasteiger partial charge in [0.15, 0.2) is 0 Å². The number of hydrogen-bond donors (Lipinski definition) is 2. The third kappa shape index (κ3) is 5.05. The lowest BCUT2D eigenvalue weighted by Gasteiger charge is -2.11. The highest BCUT2D eigenvalue weighted by atomic mass is 16.6. The van der Waals surface area contributed by atoms with Crippen LogP contribution < -0.4 is 20.3 Å². The van der Waals surface area contributed by atoms with Gasteiger partial charge in [-0.1, -0.05) is 0 Å². The molecule has 0 aliphatic heterocycles. The number of hydrazine groups is 1. The van der Waals surface area contributed by atoms with Crippen LogP contribution in [-0.2, 0) is 4.74 Å². The largest absolute Gasteiger partial charge is 0.497 e. The summed E-state index contributed by atoms with van der Waals surface area (Å²) in [6.07, 6.45) is 1.03. The summed E-state index contributed by atoms with van der Waals surface area (Å²) in [5.74, 6) is -0.981. The van der Waals surface area contributed by atoms with Crippen molar-refractivity contribution in [3.05, 3.63) is 76.1 Å². The lowest BCUT2D eigenvalue weighted by molar-refractivity contribution is -0.385. The number of nitrogens with zero attached hydrogens (tertiary/aromatic N) is 3. The van der Waals surface area contributed by atoms with Crippen LogP contribution in [0.25, 0.3) is 0 Å². The zero-order chi connectivity index (χ0) is 23.1. The van der Waals surface area contributed by atoms with E-state index in [4.69, 9.17) is 9.47 Å². The van der Waals surface area contributed by atoms with Crippen molar-refractivity contribution in [3.63, 3.8) is 0 Å². The summed E-state index contributed by atoms with van der Waals surface area (Å²) in [6.45, 7) is 0. The Morgan fingerprint density at radius 3 is 2.16 bits per heavy atom. The minimum Gasteiger partial charge on any atom is -0.497 e. The lowest BCUT2D eigenvalue weighted by atomic mass is 10.2. The predicted octanol–water partition coefficient (Wildman–Crippen LogP) is 2.73. The van der Waals surface area contributed by atoms with Gasteiger partial charge in [0.05, 0.1) is 24.7 Å². The summed E-state index contributed by atoms with van der Waals surface area (Å²) < 4.78 is 15.1. The Labute approximate surface area is 181 Å². The van der Waals surface area contributed by atoms with Gasteiger partial charge >= 0.3 is 17.5 Å². The smallest absolute Gasteiger partial charge is 0.374 e. The van der Waals surface area contributed by atoms with Gasteiger partial charge in [0, 0.05) is 5.56 Å². The Bertz CT molecular complexity index is 1130. The molecule has 0 spiro atoms. The minimum absolute atomic E-state index is 0.188. The summed E-state index contributed by atoms with van der Waals surface area (Å²) in [4.78, 5) is 42.3. The summed E-state index contributed by atoms with van der Waals surface area (Å²) in [5, 5.41) is 11.6. The number of benzene rings is 2. The third-order valence-corrected chi connectivity index (χ3v) is 4.11. The van der Waals surface area contributed by atoms with Crippen molar-refractivity contribution in [2.24, 2.45) is 0 Å². The third-order valence-electron chi connectivity index (χ3n) is 4.11. The van der Waals surface area contributed by atoms with Crippen LogP contribution in [0.15, 0.2) is 54.9 Å². The van der Waals surface area contributed by atoms with Crippen LogP contribution in [0.1, 0.15) is 20.7 Å². The van der Waals surface area contributed by atoms with Crippen LogP contribution in [-0.4, -0.2) is 41.0 Å². The van der Waals surface area contributed by atoms with Gasteiger partial charge in [0.25, 0.3) is 5.91 Å². The first kappa shape index (κ1) is 22.0. The summed E-state index contributed by atoms with van der Waals surface area (Å²) in [5.41, 5.74) is 4.72. The van der Waals surface area contributed by atoms with E-state index in [-0.39, 0.29) is 28.6 Å². The van der Waals surface area contributed by atoms with Crippen LogP contribution in [0.3, 0.4) is 0 Å². The summed E-state index contributed by atoms with van der Waals surface area (Å²) in [7, 11) is 2.75. The molecule has 1 amide bonds. The Kier molecular flexibility index (Phi) is 6.75. The molecule has 2 N–H and O–H groups in total. The van der Waals surface area contributed by atoms with E-state index in [1.807, 2.05) is 0 Å². The normalized spacial score (nSPS) is 10.1. The fourth-order valence-electron chi connectivity index (χ4n) is 2.51. The second-order valence-corrected chi connectivity index (χ2v) is 6.06. The second kappa shape index (κ2) is 9.84. The Balaban J connectivity index is 1.77. The van der Waals surface area contributed by atoms with E-state index in [9.17, 15) is 19.7 Å². The van der Waals surface area contributed by atoms with E-state index in [0.29, 0.717) is 5.75 Å². The number of amides is 1. The molecule has 0 atom stereocenters. The average Bonchev–Trinajstić information content (AvgIpc) is 2.82. The van der Waals surface area contributed by atoms with E-state index >= 15 is 0 Å². The predicted molar refractivity (Wildman–Crippen MR) is 111 cm³/mol. The van der Waals surface area contributed by atoms with E-state index in [1.165, 1.54) is 50.6 Å². The first-order valence-corrected chi connectivity index (χ1v) is 8.99. The van der Waals surface area contributed by atoms with Gasteiger partial charge in [-0.05, 0) is 48.5 Å². The van der Waals surface area contributed by atoms with Crippen molar-refractivity contribution in [2.75, 3.05) is 19.6 Å². The van der Waals surface area contributed by atoms with Crippen LogP contribution in [0.4, 0.5) is 11.5 Å².